The number of benzene rings is 2. The maximum atomic E-state index is 12.7. The summed E-state index contributed by atoms with van der Waals surface area (Å²) in [4.78, 5) is 13.0. The van der Waals surface area contributed by atoms with E-state index in [2.05, 4.69) is 12.2 Å². The number of fused-ring (bicyclic) bond motifs is 1. The second-order valence-electron chi connectivity index (χ2n) is 6.87. The Bertz CT molecular complexity index is 935. The van der Waals surface area contributed by atoms with Crippen molar-refractivity contribution < 1.29 is 17.9 Å². The molecule has 6 heteroatoms. The minimum atomic E-state index is -3.23. The largest absolute Gasteiger partial charge is 0.489 e. The average Bonchev–Trinajstić information content (AvgIpc) is 2.88. The first kappa shape index (κ1) is 18.5. The van der Waals surface area contributed by atoms with Crippen molar-refractivity contribution in [3.63, 3.8) is 0 Å². The molecule has 1 aliphatic heterocycles. The molecule has 2 aromatic carbocycles. The molecule has 26 heavy (non-hydrogen) atoms. The zero-order chi connectivity index (χ0) is 19.1. The Kier molecular flexibility index (Phi) is 4.80. The Morgan fingerprint density at radius 2 is 1.77 bits per heavy atom. The molecule has 0 fully saturated rings. The van der Waals surface area contributed by atoms with E-state index in [9.17, 15) is 13.2 Å². The summed E-state index contributed by atoms with van der Waals surface area (Å²) >= 11 is 0. The molecule has 1 amide bonds. The van der Waals surface area contributed by atoms with Crippen LogP contribution in [0.5, 0.6) is 5.75 Å². The summed E-state index contributed by atoms with van der Waals surface area (Å²) < 4.78 is 29.0. The van der Waals surface area contributed by atoms with Gasteiger partial charge in [-0.3, -0.25) is 4.79 Å². The predicted molar refractivity (Wildman–Crippen MR) is 100 cm³/mol. The Morgan fingerprint density at radius 1 is 1.12 bits per heavy atom. The summed E-state index contributed by atoms with van der Waals surface area (Å²) in [6.45, 7) is 5.95. The number of sulfone groups is 1. The molecule has 0 bridgehead atoms. The molecular weight excluding hydrogens is 350 g/mol. The minimum Gasteiger partial charge on any atom is -0.489 e. The third-order valence-electron chi connectivity index (χ3n) is 4.94. The van der Waals surface area contributed by atoms with Gasteiger partial charge in [0.15, 0.2) is 9.84 Å². The molecule has 138 valence electrons. The normalized spacial score (nSPS) is 20.2. The smallest absolute Gasteiger partial charge is 0.255 e. The average molecular weight is 373 g/mol. The van der Waals surface area contributed by atoms with Gasteiger partial charge in [0.05, 0.1) is 16.5 Å². The van der Waals surface area contributed by atoms with Gasteiger partial charge < -0.3 is 10.1 Å². The molecule has 0 unspecified atom stereocenters. The number of carbonyl (C=O) groups excluding carboxylic acids is 1. The second-order valence-corrected chi connectivity index (χ2v) is 8.89. The Balaban J connectivity index is 1.79. The van der Waals surface area contributed by atoms with E-state index in [1.54, 1.807) is 30.3 Å². The fourth-order valence-corrected chi connectivity index (χ4v) is 3.76. The third kappa shape index (κ3) is 3.46. The van der Waals surface area contributed by atoms with Crippen LogP contribution in [0.25, 0.3) is 0 Å². The highest BCUT2D eigenvalue weighted by Gasteiger charge is 2.31. The van der Waals surface area contributed by atoms with E-state index in [1.807, 2.05) is 26.0 Å². The molecule has 0 saturated carbocycles. The summed E-state index contributed by atoms with van der Waals surface area (Å²) in [6.07, 6.45) is 1.21. The van der Waals surface area contributed by atoms with Crippen LogP contribution in [0.3, 0.4) is 0 Å². The van der Waals surface area contributed by atoms with Crippen molar-refractivity contribution in [3.8, 4) is 5.75 Å². The van der Waals surface area contributed by atoms with Crippen LogP contribution < -0.4 is 10.1 Å². The van der Waals surface area contributed by atoms with Gasteiger partial charge in [-0.2, -0.15) is 0 Å². The van der Waals surface area contributed by atoms with Crippen LogP contribution in [0.15, 0.2) is 47.4 Å². The van der Waals surface area contributed by atoms with Gasteiger partial charge in [0.1, 0.15) is 11.9 Å². The van der Waals surface area contributed by atoms with Crippen LogP contribution in [-0.2, 0) is 9.84 Å². The molecule has 0 aromatic heterocycles. The van der Waals surface area contributed by atoms with E-state index in [0.717, 1.165) is 11.1 Å². The van der Waals surface area contributed by atoms with Gasteiger partial charge in [0.25, 0.3) is 5.91 Å². The fourth-order valence-electron chi connectivity index (χ4n) is 3.13. The maximum Gasteiger partial charge on any atom is 0.255 e. The standard InChI is InChI=1S/C20H23NO4S/c1-12-14(3)25-19-17(12)6-5-7-18(19)20(22)21-13(2)15-8-10-16(11-9-15)26(4,23)24/h5-14H,1-4H3,(H,21,22)/t12-,13+,14+/m1/s1. The summed E-state index contributed by atoms with van der Waals surface area (Å²) in [5.41, 5.74) is 2.41. The lowest BCUT2D eigenvalue weighted by Gasteiger charge is -2.16. The number of carbonyl (C=O) groups is 1. The van der Waals surface area contributed by atoms with E-state index in [1.165, 1.54) is 6.26 Å². The van der Waals surface area contributed by atoms with Gasteiger partial charge in [0, 0.05) is 17.7 Å². The van der Waals surface area contributed by atoms with Gasteiger partial charge in [-0.15, -0.1) is 0 Å². The number of para-hydroxylation sites is 1. The highest BCUT2D eigenvalue weighted by Crippen LogP contribution is 2.40. The molecule has 5 nitrogen and oxygen atoms in total. The van der Waals surface area contributed by atoms with Gasteiger partial charge in [-0.05, 0) is 37.6 Å². The number of ether oxygens (including phenoxy) is 1. The lowest BCUT2D eigenvalue weighted by Crippen LogP contribution is -2.27. The molecule has 0 radical (unpaired) electrons. The van der Waals surface area contributed by atoms with Gasteiger partial charge >= 0.3 is 0 Å². The third-order valence-corrected chi connectivity index (χ3v) is 6.07. The lowest BCUT2D eigenvalue weighted by molar-refractivity contribution is 0.0935. The Labute approximate surface area is 154 Å². The van der Waals surface area contributed by atoms with Crippen LogP contribution in [0.1, 0.15) is 54.2 Å². The zero-order valence-electron chi connectivity index (χ0n) is 15.3. The first-order valence-electron chi connectivity index (χ1n) is 8.59. The van der Waals surface area contributed by atoms with Crippen LogP contribution in [0.2, 0.25) is 0 Å². The van der Waals surface area contributed by atoms with Gasteiger partial charge in [0.2, 0.25) is 0 Å². The number of nitrogens with one attached hydrogen (secondary N) is 1. The minimum absolute atomic E-state index is 0.0416. The summed E-state index contributed by atoms with van der Waals surface area (Å²) in [6, 6.07) is 11.9. The van der Waals surface area contributed by atoms with Crippen LogP contribution in [0.4, 0.5) is 0 Å². The van der Waals surface area contributed by atoms with E-state index in [-0.39, 0.29) is 28.9 Å². The van der Waals surface area contributed by atoms with Crippen molar-refractivity contribution in [1.29, 1.82) is 0 Å². The van der Waals surface area contributed by atoms with E-state index in [4.69, 9.17) is 4.74 Å². The predicted octanol–water partition coefficient (Wildman–Crippen LogP) is 3.47. The van der Waals surface area contributed by atoms with Crippen molar-refractivity contribution in [2.45, 2.75) is 43.7 Å². The lowest BCUT2D eigenvalue weighted by atomic mass is 9.96. The topological polar surface area (TPSA) is 72.5 Å². The summed E-state index contributed by atoms with van der Waals surface area (Å²) in [7, 11) is -3.23. The number of amides is 1. The monoisotopic (exact) mass is 373 g/mol. The molecule has 3 rings (SSSR count). The molecule has 2 aromatic rings. The molecule has 0 spiro atoms. The first-order valence-corrected chi connectivity index (χ1v) is 10.5. The maximum absolute atomic E-state index is 12.7. The highest BCUT2D eigenvalue weighted by molar-refractivity contribution is 7.90. The van der Waals surface area contributed by atoms with Crippen molar-refractivity contribution in [1.82, 2.24) is 5.32 Å². The number of hydrogen-bond donors (Lipinski definition) is 1. The van der Waals surface area contributed by atoms with Crippen LogP contribution >= 0.6 is 0 Å². The molecule has 0 saturated heterocycles. The fraction of sp³-hybridized carbons (Fsp3) is 0.350. The second kappa shape index (κ2) is 6.76. The van der Waals surface area contributed by atoms with Crippen LogP contribution in [0, 0.1) is 0 Å². The van der Waals surface area contributed by atoms with Crippen molar-refractivity contribution in [2.75, 3.05) is 6.26 Å². The Hall–Kier alpha value is -2.34. The highest BCUT2D eigenvalue weighted by atomic mass is 32.2. The summed E-state index contributed by atoms with van der Waals surface area (Å²) in [5.74, 6) is 0.700. The van der Waals surface area contributed by atoms with E-state index < -0.39 is 9.84 Å². The van der Waals surface area contributed by atoms with Gasteiger partial charge in [-0.1, -0.05) is 31.2 Å². The molecule has 1 heterocycles. The zero-order valence-corrected chi connectivity index (χ0v) is 16.1. The summed E-state index contributed by atoms with van der Waals surface area (Å²) in [5, 5.41) is 2.96. The van der Waals surface area contributed by atoms with E-state index in [0.29, 0.717) is 11.3 Å². The number of rotatable bonds is 4. The molecular formula is C20H23NO4S. The van der Waals surface area contributed by atoms with Crippen molar-refractivity contribution in [3.05, 3.63) is 59.2 Å². The molecule has 1 aliphatic rings. The quantitative estimate of drug-likeness (QED) is 0.891. The van der Waals surface area contributed by atoms with Crippen molar-refractivity contribution in [2.24, 2.45) is 0 Å². The van der Waals surface area contributed by atoms with Crippen LogP contribution in [-0.4, -0.2) is 26.7 Å². The molecule has 1 N–H and O–H groups in total. The first-order chi connectivity index (χ1) is 12.2. The van der Waals surface area contributed by atoms with Gasteiger partial charge in [-0.25, -0.2) is 8.42 Å². The van der Waals surface area contributed by atoms with Crippen molar-refractivity contribution >= 4 is 15.7 Å². The molecule has 0 aliphatic carbocycles. The van der Waals surface area contributed by atoms with E-state index >= 15 is 0 Å². The SMILES string of the molecule is C[C@H](NC(=O)c1cccc2c1O[C@@H](C)[C@H]2C)c1ccc(S(C)(=O)=O)cc1. The Morgan fingerprint density at radius 3 is 2.38 bits per heavy atom. The molecule has 3 atom stereocenters. The number of hydrogen-bond acceptors (Lipinski definition) is 4.